The number of nitrogens with one attached hydrogen (secondary N) is 2. The lowest BCUT2D eigenvalue weighted by molar-refractivity contribution is 0.0357. The number of hydrogen-bond acceptors (Lipinski definition) is 4. The van der Waals surface area contributed by atoms with Crippen molar-refractivity contribution in [2.45, 2.75) is 33.2 Å². The van der Waals surface area contributed by atoms with Crippen molar-refractivity contribution in [3.05, 3.63) is 68.6 Å². The van der Waals surface area contributed by atoms with Gasteiger partial charge in [0.25, 0.3) is 11.5 Å². The number of morpholine rings is 1. The van der Waals surface area contributed by atoms with Crippen LogP contribution < -0.4 is 10.9 Å². The molecule has 0 bridgehead atoms. The van der Waals surface area contributed by atoms with E-state index in [0.29, 0.717) is 17.0 Å². The van der Waals surface area contributed by atoms with Gasteiger partial charge in [-0.15, -0.1) is 0 Å². The van der Waals surface area contributed by atoms with Crippen LogP contribution in [0.1, 0.15) is 45.6 Å². The lowest BCUT2D eigenvalue weighted by Gasteiger charge is -2.29. The molecule has 1 aliphatic rings. The summed E-state index contributed by atoms with van der Waals surface area (Å²) in [6.45, 7) is 10.7. The Morgan fingerprint density at radius 1 is 1.21 bits per heavy atom. The van der Waals surface area contributed by atoms with Crippen LogP contribution in [0.25, 0.3) is 0 Å². The highest BCUT2D eigenvalue weighted by Gasteiger charge is 2.15. The summed E-state index contributed by atoms with van der Waals surface area (Å²) in [5.41, 5.74) is 3.96. The van der Waals surface area contributed by atoms with Crippen molar-refractivity contribution in [3.8, 4) is 0 Å². The molecule has 2 aromatic rings. The Bertz CT molecular complexity index is 868. The first-order valence-corrected chi connectivity index (χ1v) is 9.81. The summed E-state index contributed by atoms with van der Waals surface area (Å²) in [4.78, 5) is 29.7. The number of aryl methyl sites for hydroxylation is 2. The molecule has 0 saturated carbocycles. The quantitative estimate of drug-likeness (QED) is 0.803. The third-order valence-electron chi connectivity index (χ3n) is 5.30. The molecule has 0 radical (unpaired) electrons. The molecule has 1 fully saturated rings. The van der Waals surface area contributed by atoms with Gasteiger partial charge in [0.15, 0.2) is 0 Å². The van der Waals surface area contributed by atoms with Crippen LogP contribution in [-0.4, -0.2) is 48.6 Å². The van der Waals surface area contributed by atoms with Gasteiger partial charge in [-0.3, -0.25) is 14.5 Å². The molecule has 6 heteroatoms. The summed E-state index contributed by atoms with van der Waals surface area (Å²) in [5.74, 6) is 0.218. The van der Waals surface area contributed by atoms with Gasteiger partial charge in [0.05, 0.1) is 13.2 Å². The lowest BCUT2D eigenvalue weighted by atomic mass is 9.99. The molecule has 0 spiro atoms. The summed E-state index contributed by atoms with van der Waals surface area (Å²) in [5, 5.41) is 2.85. The number of hydrogen-bond donors (Lipinski definition) is 2. The average Bonchev–Trinajstić information content (AvgIpc) is 2.68. The van der Waals surface area contributed by atoms with E-state index in [9.17, 15) is 9.59 Å². The molecule has 1 amide bonds. The number of carbonyl (C=O) groups is 1. The van der Waals surface area contributed by atoms with Gasteiger partial charge < -0.3 is 15.0 Å². The molecule has 3 rings (SSSR count). The average molecular weight is 383 g/mol. The molecule has 1 atom stereocenters. The van der Waals surface area contributed by atoms with Crippen molar-refractivity contribution in [1.82, 2.24) is 15.2 Å². The highest BCUT2D eigenvalue weighted by Crippen LogP contribution is 2.18. The predicted molar refractivity (Wildman–Crippen MR) is 110 cm³/mol. The Morgan fingerprint density at radius 3 is 2.54 bits per heavy atom. The molecule has 1 aliphatic heterocycles. The second-order valence-corrected chi connectivity index (χ2v) is 7.56. The zero-order chi connectivity index (χ0) is 20.1. The first-order valence-electron chi connectivity index (χ1n) is 9.81. The van der Waals surface area contributed by atoms with Crippen molar-refractivity contribution in [3.63, 3.8) is 0 Å². The van der Waals surface area contributed by atoms with E-state index in [-0.39, 0.29) is 18.0 Å². The fourth-order valence-corrected chi connectivity index (χ4v) is 3.61. The van der Waals surface area contributed by atoms with E-state index < -0.39 is 0 Å². The Kier molecular flexibility index (Phi) is 6.65. The summed E-state index contributed by atoms with van der Waals surface area (Å²) in [7, 11) is 0. The van der Waals surface area contributed by atoms with Crippen molar-refractivity contribution in [2.75, 3.05) is 32.8 Å². The summed E-state index contributed by atoms with van der Waals surface area (Å²) in [6.07, 6.45) is 0. The predicted octanol–water partition coefficient (Wildman–Crippen LogP) is 2.36. The molecule has 1 unspecified atom stereocenters. The monoisotopic (exact) mass is 383 g/mol. The van der Waals surface area contributed by atoms with E-state index in [1.54, 1.807) is 0 Å². The van der Waals surface area contributed by atoms with Gasteiger partial charge in [-0.1, -0.05) is 19.1 Å². The Morgan fingerprint density at radius 2 is 1.89 bits per heavy atom. The first kappa shape index (κ1) is 20.3. The maximum Gasteiger partial charge on any atom is 0.253 e. The molecule has 1 saturated heterocycles. The third kappa shape index (κ3) is 5.09. The number of benzene rings is 1. The third-order valence-corrected chi connectivity index (χ3v) is 5.30. The molecule has 28 heavy (non-hydrogen) atoms. The van der Waals surface area contributed by atoms with Gasteiger partial charge in [-0.05, 0) is 49.1 Å². The van der Waals surface area contributed by atoms with E-state index in [2.05, 4.69) is 22.1 Å². The van der Waals surface area contributed by atoms with Crippen LogP contribution in [0.3, 0.4) is 0 Å². The maximum absolute atomic E-state index is 12.5. The second-order valence-electron chi connectivity index (χ2n) is 7.56. The van der Waals surface area contributed by atoms with Crippen LogP contribution in [0.5, 0.6) is 0 Å². The molecule has 2 N–H and O–H groups in total. The Labute approximate surface area is 165 Å². The number of ether oxygens (including phenoxy) is 1. The Hall–Kier alpha value is -2.44. The minimum absolute atomic E-state index is 0.148. The van der Waals surface area contributed by atoms with Gasteiger partial charge in [0.1, 0.15) is 0 Å². The first-order chi connectivity index (χ1) is 13.4. The van der Waals surface area contributed by atoms with E-state index in [4.69, 9.17) is 4.74 Å². The SMILES string of the molecule is Cc1cc(C)c(CNC(=O)c2ccc(C(C)CN3CCOCC3)cc2)c(=O)[nH]1. The summed E-state index contributed by atoms with van der Waals surface area (Å²) < 4.78 is 5.40. The Balaban J connectivity index is 1.58. The van der Waals surface area contributed by atoms with Crippen molar-refractivity contribution < 1.29 is 9.53 Å². The fraction of sp³-hybridized carbons (Fsp3) is 0.455. The highest BCUT2D eigenvalue weighted by molar-refractivity contribution is 5.94. The standard InChI is InChI=1S/C22H29N3O3/c1-15-12-17(3)24-22(27)20(15)13-23-21(26)19-6-4-18(5-7-19)16(2)14-25-8-10-28-11-9-25/h4-7,12,16H,8-11,13-14H2,1-3H3,(H,23,26)(H,24,27). The molecule has 2 heterocycles. The van der Waals surface area contributed by atoms with E-state index in [1.165, 1.54) is 5.56 Å². The zero-order valence-corrected chi connectivity index (χ0v) is 16.9. The van der Waals surface area contributed by atoms with Gasteiger partial charge in [0, 0.05) is 43.0 Å². The van der Waals surface area contributed by atoms with Crippen LogP contribution in [-0.2, 0) is 11.3 Å². The topological polar surface area (TPSA) is 74.4 Å². The molecule has 6 nitrogen and oxygen atoms in total. The number of pyridine rings is 1. The van der Waals surface area contributed by atoms with E-state index in [0.717, 1.165) is 44.1 Å². The molecule has 1 aromatic carbocycles. The number of nitrogens with zero attached hydrogens (tertiary/aromatic N) is 1. The smallest absolute Gasteiger partial charge is 0.253 e. The summed E-state index contributed by atoms with van der Waals surface area (Å²) in [6, 6.07) is 9.65. The molecule has 150 valence electrons. The highest BCUT2D eigenvalue weighted by atomic mass is 16.5. The van der Waals surface area contributed by atoms with E-state index >= 15 is 0 Å². The molecule has 0 aliphatic carbocycles. The molecular weight excluding hydrogens is 354 g/mol. The second kappa shape index (κ2) is 9.17. The van der Waals surface area contributed by atoms with Crippen LogP contribution in [0, 0.1) is 13.8 Å². The number of H-pyrrole nitrogens is 1. The van der Waals surface area contributed by atoms with Crippen molar-refractivity contribution in [1.29, 1.82) is 0 Å². The number of rotatable bonds is 6. The van der Waals surface area contributed by atoms with Crippen LogP contribution in [0.2, 0.25) is 0 Å². The van der Waals surface area contributed by atoms with Crippen molar-refractivity contribution >= 4 is 5.91 Å². The van der Waals surface area contributed by atoms with Crippen LogP contribution in [0.15, 0.2) is 35.1 Å². The van der Waals surface area contributed by atoms with Crippen molar-refractivity contribution in [2.24, 2.45) is 0 Å². The van der Waals surface area contributed by atoms with Crippen LogP contribution in [0.4, 0.5) is 0 Å². The number of carbonyl (C=O) groups excluding carboxylic acids is 1. The van der Waals surface area contributed by atoms with Gasteiger partial charge in [-0.2, -0.15) is 0 Å². The maximum atomic E-state index is 12.5. The van der Waals surface area contributed by atoms with Gasteiger partial charge >= 0.3 is 0 Å². The normalized spacial score (nSPS) is 16.0. The lowest BCUT2D eigenvalue weighted by Crippen LogP contribution is -2.38. The fourth-order valence-electron chi connectivity index (χ4n) is 3.61. The largest absolute Gasteiger partial charge is 0.379 e. The number of aromatic nitrogens is 1. The molecule has 1 aromatic heterocycles. The van der Waals surface area contributed by atoms with Gasteiger partial charge in [0.2, 0.25) is 0 Å². The zero-order valence-electron chi connectivity index (χ0n) is 16.9. The molecular formula is C22H29N3O3. The van der Waals surface area contributed by atoms with Crippen LogP contribution >= 0.6 is 0 Å². The summed E-state index contributed by atoms with van der Waals surface area (Å²) >= 11 is 0. The number of amides is 1. The van der Waals surface area contributed by atoms with E-state index in [1.807, 2.05) is 44.2 Å². The van der Waals surface area contributed by atoms with Gasteiger partial charge in [-0.25, -0.2) is 0 Å². The number of aromatic amines is 1. The minimum Gasteiger partial charge on any atom is -0.379 e. The minimum atomic E-state index is -0.174.